The van der Waals surface area contributed by atoms with Gasteiger partial charge in [-0.15, -0.1) is 6.58 Å². The normalized spacial score (nSPS) is 21.5. The van der Waals surface area contributed by atoms with Crippen LogP contribution in [0.15, 0.2) is 121 Å². The zero-order valence-corrected chi connectivity index (χ0v) is 22.7. The predicted molar refractivity (Wildman–Crippen MR) is 150 cm³/mol. The predicted octanol–water partition coefficient (Wildman–Crippen LogP) is 5.29. The number of hydrogen-bond donors (Lipinski definition) is 0. The van der Waals surface area contributed by atoms with Gasteiger partial charge in [0.2, 0.25) is 0 Å². The molecule has 0 unspecified atom stereocenters. The van der Waals surface area contributed by atoms with Gasteiger partial charge >= 0.3 is 11.9 Å². The Bertz CT molecular complexity index is 1340. The molecular formula is C32H33NO6. The van der Waals surface area contributed by atoms with E-state index in [9.17, 15) is 19.2 Å². The summed E-state index contributed by atoms with van der Waals surface area (Å²) in [6.07, 6.45) is 24.8. The van der Waals surface area contributed by atoms with Gasteiger partial charge in [-0.1, -0.05) is 72.9 Å². The number of amides is 1. The molecule has 3 rings (SSSR count). The van der Waals surface area contributed by atoms with E-state index in [1.54, 1.807) is 94.5 Å². The molecule has 0 aromatic carbocycles. The van der Waals surface area contributed by atoms with Gasteiger partial charge in [-0.2, -0.15) is 0 Å². The fourth-order valence-corrected chi connectivity index (χ4v) is 3.75. The van der Waals surface area contributed by atoms with Crippen molar-refractivity contribution in [2.45, 2.75) is 39.7 Å². The van der Waals surface area contributed by atoms with Crippen molar-refractivity contribution in [1.29, 1.82) is 0 Å². The molecule has 1 amide bonds. The van der Waals surface area contributed by atoms with Gasteiger partial charge in [-0.25, -0.2) is 4.79 Å². The van der Waals surface area contributed by atoms with Crippen LogP contribution in [0.2, 0.25) is 0 Å². The molecule has 0 aromatic rings. The SMILES string of the molecule is C=CCC1=CC=CC=CC=CC=CC=C2OC(=CC1=O)C(C)(C)C(C)(C)OC(=O)C1=CC=CCN1C(=O)C2=O. The summed E-state index contributed by atoms with van der Waals surface area (Å²) in [4.78, 5) is 54.7. The maximum atomic E-state index is 13.5. The number of fused-ring (bicyclic) bond motifs is 3. The fourth-order valence-electron chi connectivity index (χ4n) is 3.75. The van der Waals surface area contributed by atoms with Crippen molar-refractivity contribution in [1.82, 2.24) is 4.90 Å². The van der Waals surface area contributed by atoms with Crippen LogP contribution in [0.25, 0.3) is 0 Å². The van der Waals surface area contributed by atoms with Crippen LogP contribution in [0, 0.1) is 5.41 Å². The summed E-state index contributed by atoms with van der Waals surface area (Å²) in [5, 5.41) is 0. The topological polar surface area (TPSA) is 90.0 Å². The average molecular weight is 528 g/mol. The van der Waals surface area contributed by atoms with Gasteiger partial charge < -0.3 is 9.47 Å². The molecule has 3 heterocycles. The number of nitrogens with zero attached hydrogens (tertiary/aromatic N) is 1. The highest BCUT2D eigenvalue weighted by molar-refractivity contribution is 6.42. The van der Waals surface area contributed by atoms with E-state index in [0.717, 1.165) is 4.90 Å². The van der Waals surface area contributed by atoms with E-state index in [2.05, 4.69) is 6.58 Å². The van der Waals surface area contributed by atoms with Gasteiger partial charge in [0.25, 0.3) is 5.78 Å². The number of esters is 1. The number of hydrogen-bond acceptors (Lipinski definition) is 6. The van der Waals surface area contributed by atoms with E-state index >= 15 is 0 Å². The molecule has 7 heteroatoms. The number of carbonyl (C=O) groups is 4. The molecule has 0 saturated carbocycles. The summed E-state index contributed by atoms with van der Waals surface area (Å²) in [5.41, 5.74) is -2.00. The second kappa shape index (κ2) is 12.3. The van der Waals surface area contributed by atoms with E-state index in [1.165, 1.54) is 18.2 Å². The Labute approximate surface area is 229 Å². The quantitative estimate of drug-likeness (QED) is 0.275. The number of allylic oxidation sites excluding steroid dienone is 15. The lowest BCUT2D eigenvalue weighted by Gasteiger charge is -2.41. The molecule has 0 radical (unpaired) electrons. The second-order valence-electron chi connectivity index (χ2n) is 9.98. The van der Waals surface area contributed by atoms with Gasteiger partial charge in [0.15, 0.2) is 11.5 Å². The molecule has 202 valence electrons. The first-order valence-corrected chi connectivity index (χ1v) is 12.6. The summed E-state index contributed by atoms with van der Waals surface area (Å²) < 4.78 is 12.1. The lowest BCUT2D eigenvalue weighted by atomic mass is 9.74. The Morgan fingerprint density at radius 1 is 0.872 bits per heavy atom. The van der Waals surface area contributed by atoms with Crippen LogP contribution in [0.3, 0.4) is 0 Å². The van der Waals surface area contributed by atoms with Crippen molar-refractivity contribution in [2.75, 3.05) is 6.54 Å². The van der Waals surface area contributed by atoms with Crippen LogP contribution in [-0.4, -0.2) is 40.5 Å². The fraction of sp³-hybridized carbons (Fsp3) is 0.250. The highest BCUT2D eigenvalue weighted by Gasteiger charge is 2.48. The van der Waals surface area contributed by atoms with Crippen LogP contribution in [0.1, 0.15) is 34.1 Å². The van der Waals surface area contributed by atoms with Crippen molar-refractivity contribution < 1.29 is 28.7 Å². The van der Waals surface area contributed by atoms with Crippen molar-refractivity contribution in [3.05, 3.63) is 121 Å². The minimum absolute atomic E-state index is 0.0118. The van der Waals surface area contributed by atoms with Crippen LogP contribution in [0.5, 0.6) is 0 Å². The van der Waals surface area contributed by atoms with Gasteiger partial charge in [0.05, 0.1) is 5.41 Å². The maximum Gasteiger partial charge on any atom is 0.355 e. The van der Waals surface area contributed by atoms with Crippen LogP contribution in [-0.2, 0) is 28.7 Å². The maximum absolute atomic E-state index is 13.5. The Hall–Kier alpha value is -4.52. The van der Waals surface area contributed by atoms with Gasteiger partial charge in [0.1, 0.15) is 17.1 Å². The Morgan fingerprint density at radius 2 is 1.49 bits per heavy atom. The van der Waals surface area contributed by atoms with Crippen LogP contribution < -0.4 is 0 Å². The standard InChI is InChI=1S/C32H33NO6/c1-6-17-23-18-13-11-9-7-8-10-12-14-20-26-28(35)29(36)33-21-16-15-19-24(33)30(37)39-32(4,5)31(2,3)27(38-26)22-25(23)34/h6-16,18-20,22H,1,17,21H2,2-5H3. The number of Topliss-reactive ketones (excluding diaryl/α,β-unsaturated/α-hetero) is 1. The Balaban J connectivity index is 2.29. The molecular weight excluding hydrogens is 494 g/mol. The van der Waals surface area contributed by atoms with Crippen molar-refractivity contribution in [2.24, 2.45) is 5.41 Å². The van der Waals surface area contributed by atoms with Crippen LogP contribution in [0.4, 0.5) is 0 Å². The van der Waals surface area contributed by atoms with E-state index in [4.69, 9.17) is 9.47 Å². The third kappa shape index (κ3) is 6.68. The van der Waals surface area contributed by atoms with Crippen molar-refractivity contribution >= 4 is 23.4 Å². The first-order chi connectivity index (χ1) is 18.5. The number of cyclic esters (lactones) is 1. The highest BCUT2D eigenvalue weighted by Crippen LogP contribution is 2.43. The molecule has 0 N–H and O–H groups in total. The number of rotatable bonds is 2. The molecule has 39 heavy (non-hydrogen) atoms. The van der Waals surface area contributed by atoms with E-state index < -0.39 is 28.7 Å². The first-order valence-electron chi connectivity index (χ1n) is 12.6. The molecule has 0 spiro atoms. The van der Waals surface area contributed by atoms with Gasteiger partial charge in [-0.3, -0.25) is 19.3 Å². The zero-order valence-electron chi connectivity index (χ0n) is 22.7. The third-order valence-electron chi connectivity index (χ3n) is 6.80. The molecule has 3 aliphatic heterocycles. The number of carbonyl (C=O) groups excluding carboxylic acids is 4. The highest BCUT2D eigenvalue weighted by atomic mass is 16.6. The minimum atomic E-state index is -1.24. The average Bonchev–Trinajstić information content (AvgIpc) is 2.90. The first kappa shape index (κ1) is 29.0. The molecule has 1 fully saturated rings. The molecule has 0 aliphatic carbocycles. The van der Waals surface area contributed by atoms with E-state index in [0.29, 0.717) is 5.57 Å². The summed E-state index contributed by atoms with van der Waals surface area (Å²) in [5.74, 6) is -3.33. The largest absolute Gasteiger partial charge is 0.457 e. The van der Waals surface area contributed by atoms with E-state index in [-0.39, 0.29) is 36.0 Å². The summed E-state index contributed by atoms with van der Waals surface area (Å²) in [6.45, 7) is 10.6. The molecule has 7 nitrogen and oxygen atoms in total. The van der Waals surface area contributed by atoms with Crippen molar-refractivity contribution in [3.63, 3.8) is 0 Å². The summed E-state index contributed by atoms with van der Waals surface area (Å²) in [6, 6.07) is 0. The lowest BCUT2D eigenvalue weighted by Crippen LogP contribution is -2.46. The molecule has 2 bridgehead atoms. The minimum Gasteiger partial charge on any atom is -0.457 e. The second-order valence-corrected chi connectivity index (χ2v) is 9.98. The molecule has 0 aromatic heterocycles. The smallest absolute Gasteiger partial charge is 0.355 e. The lowest BCUT2D eigenvalue weighted by molar-refractivity contribution is -0.165. The Morgan fingerprint density at radius 3 is 2.13 bits per heavy atom. The number of ether oxygens (including phenoxy) is 2. The third-order valence-corrected chi connectivity index (χ3v) is 6.80. The van der Waals surface area contributed by atoms with Crippen LogP contribution >= 0.6 is 0 Å². The molecule has 1 saturated heterocycles. The molecule has 0 atom stereocenters. The zero-order chi connectivity index (χ0) is 28.6. The van der Waals surface area contributed by atoms with Gasteiger partial charge in [0, 0.05) is 18.2 Å². The molecule has 3 aliphatic rings. The van der Waals surface area contributed by atoms with Gasteiger partial charge in [-0.05, 0) is 46.3 Å². The summed E-state index contributed by atoms with van der Waals surface area (Å²) >= 11 is 0. The monoisotopic (exact) mass is 527 g/mol. The summed E-state index contributed by atoms with van der Waals surface area (Å²) in [7, 11) is 0. The van der Waals surface area contributed by atoms with E-state index in [1.807, 2.05) is 6.08 Å². The Kier molecular flexibility index (Phi) is 9.20. The number of ketones is 2. The van der Waals surface area contributed by atoms with Crippen molar-refractivity contribution in [3.8, 4) is 0 Å².